The maximum atomic E-state index is 12.8. The molecule has 2 aromatic rings. The topological polar surface area (TPSA) is 111 Å². The number of hydrogen-bond acceptors (Lipinski definition) is 7. The Morgan fingerprint density at radius 3 is 2.47 bits per heavy atom. The van der Waals surface area contributed by atoms with Gasteiger partial charge in [-0.1, -0.05) is 24.3 Å². The summed E-state index contributed by atoms with van der Waals surface area (Å²) in [5.41, 5.74) is 1.30. The van der Waals surface area contributed by atoms with Crippen molar-refractivity contribution in [1.82, 2.24) is 5.01 Å². The van der Waals surface area contributed by atoms with E-state index in [0.717, 1.165) is 11.4 Å². The number of nitro benzene ring substituents is 1. The standard InChI is InChI=1S/C25H23N3O6/c1-2-33-21-11-15(6-9-20(21)34-14-16-4-3-5-19(10-16)28(31)32)13-26-27-24(29)22-17-7-8-18(12-17)23(22)25(27)30/h3-11,13,17-18,22-23H,2,12,14H2,1H3. The fourth-order valence-electron chi connectivity index (χ4n) is 5.04. The number of benzene rings is 2. The molecular weight excluding hydrogens is 438 g/mol. The number of non-ortho nitro benzene ring substituents is 1. The van der Waals surface area contributed by atoms with E-state index in [1.54, 1.807) is 30.3 Å². The van der Waals surface area contributed by atoms with E-state index in [2.05, 4.69) is 5.10 Å². The number of carbonyl (C=O) groups is 2. The SMILES string of the molecule is CCOc1cc(C=NN2C(=O)C3C4C=CC(C4)C3C2=O)ccc1OCc1cccc([N+](=O)[O-])c1. The molecule has 0 spiro atoms. The number of carbonyl (C=O) groups excluding carboxylic acids is 2. The molecule has 4 unspecified atom stereocenters. The summed E-state index contributed by atoms with van der Waals surface area (Å²) in [6.07, 6.45) is 6.44. The molecule has 2 aromatic carbocycles. The molecule has 0 radical (unpaired) electrons. The molecule has 3 aliphatic rings. The first kappa shape index (κ1) is 21.8. The molecule has 34 heavy (non-hydrogen) atoms. The summed E-state index contributed by atoms with van der Waals surface area (Å²) in [6, 6.07) is 11.4. The molecule has 2 amide bonds. The van der Waals surface area contributed by atoms with Crippen LogP contribution >= 0.6 is 0 Å². The fraction of sp³-hybridized carbons (Fsp3) is 0.320. The number of allylic oxidation sites excluding steroid dienone is 2. The lowest BCUT2D eigenvalue weighted by Crippen LogP contribution is -2.28. The summed E-state index contributed by atoms with van der Waals surface area (Å²) in [7, 11) is 0. The van der Waals surface area contributed by atoms with Crippen LogP contribution in [0.5, 0.6) is 11.5 Å². The molecule has 2 aliphatic carbocycles. The van der Waals surface area contributed by atoms with Crippen LogP contribution in [0.15, 0.2) is 59.7 Å². The highest BCUT2D eigenvalue weighted by atomic mass is 16.6. The van der Waals surface area contributed by atoms with Crippen molar-refractivity contribution in [2.45, 2.75) is 20.0 Å². The van der Waals surface area contributed by atoms with E-state index >= 15 is 0 Å². The van der Waals surface area contributed by atoms with Crippen LogP contribution < -0.4 is 9.47 Å². The van der Waals surface area contributed by atoms with Crippen LogP contribution in [0.2, 0.25) is 0 Å². The highest BCUT2D eigenvalue weighted by Gasteiger charge is 2.59. The van der Waals surface area contributed by atoms with Gasteiger partial charge in [0, 0.05) is 12.1 Å². The summed E-state index contributed by atoms with van der Waals surface area (Å²) in [5.74, 6) is 0.171. The predicted molar refractivity (Wildman–Crippen MR) is 122 cm³/mol. The molecule has 0 aromatic heterocycles. The van der Waals surface area contributed by atoms with Crippen LogP contribution in [0.3, 0.4) is 0 Å². The van der Waals surface area contributed by atoms with Gasteiger partial charge in [-0.25, -0.2) is 0 Å². The molecular formula is C25H23N3O6. The summed E-state index contributed by atoms with van der Waals surface area (Å²) < 4.78 is 11.5. The van der Waals surface area contributed by atoms with Crippen LogP contribution in [-0.4, -0.2) is 34.6 Å². The molecule has 2 bridgehead atoms. The van der Waals surface area contributed by atoms with Gasteiger partial charge in [0.15, 0.2) is 11.5 Å². The summed E-state index contributed by atoms with van der Waals surface area (Å²) in [6.45, 7) is 2.37. The summed E-state index contributed by atoms with van der Waals surface area (Å²) in [5, 5.41) is 16.2. The average Bonchev–Trinajstić information content (AvgIpc) is 3.51. The van der Waals surface area contributed by atoms with Crippen molar-refractivity contribution in [3.8, 4) is 11.5 Å². The van der Waals surface area contributed by atoms with Gasteiger partial charge in [-0.3, -0.25) is 19.7 Å². The second-order valence-electron chi connectivity index (χ2n) is 8.59. The van der Waals surface area contributed by atoms with Crippen LogP contribution in [0, 0.1) is 33.8 Å². The third kappa shape index (κ3) is 3.83. The van der Waals surface area contributed by atoms with Crippen LogP contribution in [-0.2, 0) is 16.2 Å². The average molecular weight is 461 g/mol. The minimum Gasteiger partial charge on any atom is -0.490 e. The Bertz CT molecular complexity index is 1190. The zero-order valence-electron chi connectivity index (χ0n) is 18.5. The van der Waals surface area contributed by atoms with Crippen molar-refractivity contribution in [3.63, 3.8) is 0 Å². The Labute approximate surface area is 195 Å². The smallest absolute Gasteiger partial charge is 0.269 e. The molecule has 9 nitrogen and oxygen atoms in total. The molecule has 174 valence electrons. The number of rotatable bonds is 8. The van der Waals surface area contributed by atoms with E-state index in [1.807, 2.05) is 19.1 Å². The number of hydrazone groups is 1. The van der Waals surface area contributed by atoms with Crippen molar-refractivity contribution in [1.29, 1.82) is 0 Å². The molecule has 4 atom stereocenters. The highest BCUT2D eigenvalue weighted by Crippen LogP contribution is 2.52. The number of hydrogen-bond donors (Lipinski definition) is 0. The largest absolute Gasteiger partial charge is 0.490 e. The Kier molecular flexibility index (Phi) is 5.61. The number of imide groups is 1. The van der Waals surface area contributed by atoms with Crippen molar-refractivity contribution < 1.29 is 24.0 Å². The van der Waals surface area contributed by atoms with E-state index in [9.17, 15) is 19.7 Å². The molecule has 1 saturated carbocycles. The first-order valence-electron chi connectivity index (χ1n) is 11.2. The number of amides is 2. The highest BCUT2D eigenvalue weighted by molar-refractivity contribution is 6.06. The van der Waals surface area contributed by atoms with Crippen LogP contribution in [0.1, 0.15) is 24.5 Å². The number of fused-ring (bicyclic) bond motifs is 5. The van der Waals surface area contributed by atoms with Gasteiger partial charge in [-0.05, 0) is 54.5 Å². The lowest BCUT2D eigenvalue weighted by atomic mass is 9.85. The lowest BCUT2D eigenvalue weighted by Gasteiger charge is -2.13. The van der Waals surface area contributed by atoms with Gasteiger partial charge < -0.3 is 9.47 Å². The Morgan fingerprint density at radius 1 is 1.06 bits per heavy atom. The minimum absolute atomic E-state index is 0.00312. The molecule has 9 heteroatoms. The maximum absolute atomic E-state index is 12.8. The van der Waals surface area contributed by atoms with Crippen LogP contribution in [0.25, 0.3) is 0 Å². The normalized spacial score (nSPS) is 24.8. The first-order valence-corrected chi connectivity index (χ1v) is 11.2. The van der Waals surface area contributed by atoms with E-state index in [1.165, 1.54) is 18.3 Å². The van der Waals surface area contributed by atoms with Crippen molar-refractivity contribution in [2.75, 3.05) is 6.61 Å². The van der Waals surface area contributed by atoms with Gasteiger partial charge in [0.05, 0.1) is 29.6 Å². The first-order chi connectivity index (χ1) is 16.5. The molecule has 1 saturated heterocycles. The number of nitro groups is 1. The van der Waals surface area contributed by atoms with E-state index in [4.69, 9.17) is 9.47 Å². The number of nitrogens with zero attached hydrogens (tertiary/aromatic N) is 3. The van der Waals surface area contributed by atoms with Crippen molar-refractivity contribution in [2.24, 2.45) is 28.8 Å². The lowest BCUT2D eigenvalue weighted by molar-refractivity contribution is -0.384. The van der Waals surface area contributed by atoms with Gasteiger partial charge in [0.25, 0.3) is 17.5 Å². The van der Waals surface area contributed by atoms with E-state index < -0.39 is 4.92 Å². The quantitative estimate of drug-likeness (QED) is 0.195. The van der Waals surface area contributed by atoms with Crippen LogP contribution in [0.4, 0.5) is 5.69 Å². The van der Waals surface area contributed by atoms with Crippen molar-refractivity contribution >= 4 is 23.7 Å². The molecule has 5 rings (SSSR count). The van der Waals surface area contributed by atoms with Gasteiger partial charge >= 0.3 is 0 Å². The van der Waals surface area contributed by atoms with Crippen molar-refractivity contribution in [3.05, 3.63) is 75.9 Å². The van der Waals surface area contributed by atoms with Gasteiger partial charge in [0.2, 0.25) is 0 Å². The van der Waals surface area contributed by atoms with E-state index in [0.29, 0.717) is 29.2 Å². The number of ether oxygens (including phenoxy) is 2. The Balaban J connectivity index is 1.30. The fourth-order valence-corrected chi connectivity index (χ4v) is 5.04. The Morgan fingerprint density at radius 2 is 1.79 bits per heavy atom. The molecule has 0 N–H and O–H groups in total. The maximum Gasteiger partial charge on any atom is 0.269 e. The Hall–Kier alpha value is -4.01. The predicted octanol–water partition coefficient (Wildman–Crippen LogP) is 3.71. The third-order valence-corrected chi connectivity index (χ3v) is 6.55. The molecule has 2 fully saturated rings. The van der Waals surface area contributed by atoms with Gasteiger partial charge in [-0.2, -0.15) is 10.1 Å². The molecule has 1 aliphatic heterocycles. The minimum atomic E-state index is -0.451. The summed E-state index contributed by atoms with van der Waals surface area (Å²) >= 11 is 0. The van der Waals surface area contributed by atoms with Gasteiger partial charge in [0.1, 0.15) is 6.61 Å². The second kappa shape index (κ2) is 8.74. The zero-order chi connectivity index (χ0) is 23.8. The third-order valence-electron chi connectivity index (χ3n) is 6.55. The molecule has 1 heterocycles. The zero-order valence-corrected chi connectivity index (χ0v) is 18.5. The van der Waals surface area contributed by atoms with E-state index in [-0.39, 0.29) is 47.8 Å². The monoisotopic (exact) mass is 461 g/mol. The van der Waals surface area contributed by atoms with Gasteiger partial charge in [-0.15, -0.1) is 0 Å². The second-order valence-corrected chi connectivity index (χ2v) is 8.59. The summed E-state index contributed by atoms with van der Waals surface area (Å²) in [4.78, 5) is 36.1.